The van der Waals surface area contributed by atoms with Crippen LogP contribution in [0.4, 0.5) is 4.79 Å². The summed E-state index contributed by atoms with van der Waals surface area (Å²) in [6.45, 7) is 1.35. The number of carbonyl (C=O) groups excluding carboxylic acids is 2. The highest BCUT2D eigenvalue weighted by atomic mass is 127. The van der Waals surface area contributed by atoms with Crippen LogP contribution in [0.3, 0.4) is 0 Å². The van der Waals surface area contributed by atoms with Gasteiger partial charge in [-0.2, -0.15) is 0 Å². The number of carboxylic acids is 1. The lowest BCUT2D eigenvalue weighted by Gasteiger charge is -2.28. The number of amides is 2. The van der Waals surface area contributed by atoms with E-state index in [1.807, 2.05) is 40.8 Å². The Balaban J connectivity index is 2.24. The summed E-state index contributed by atoms with van der Waals surface area (Å²) in [4.78, 5) is 37.5. The van der Waals surface area contributed by atoms with Gasteiger partial charge in [0.15, 0.2) is 0 Å². The second-order valence-corrected chi connectivity index (χ2v) is 7.50. The standard InChI is InChI=1S/C20H21IN2O6/c1-12(19(26)27)22-18(25)17(14-8-9-16(24)15(21)10-14)23(2)20(28)29-11-13-6-4-3-5-7-13/h3-10,12,17,24H,11H2,1-2H3,(H,22,25)(H,26,27)/t12-,17-/m0/s1. The molecule has 0 aromatic heterocycles. The van der Waals surface area contributed by atoms with Crippen molar-refractivity contribution in [2.24, 2.45) is 0 Å². The normalized spacial score (nSPS) is 12.5. The highest BCUT2D eigenvalue weighted by molar-refractivity contribution is 14.1. The molecule has 0 aliphatic heterocycles. The zero-order valence-corrected chi connectivity index (χ0v) is 18.0. The summed E-state index contributed by atoms with van der Waals surface area (Å²) < 4.78 is 5.77. The monoisotopic (exact) mass is 512 g/mol. The van der Waals surface area contributed by atoms with Crippen molar-refractivity contribution in [1.29, 1.82) is 0 Å². The van der Waals surface area contributed by atoms with Crippen LogP contribution in [0.25, 0.3) is 0 Å². The van der Waals surface area contributed by atoms with Crippen molar-refractivity contribution < 1.29 is 29.3 Å². The van der Waals surface area contributed by atoms with E-state index >= 15 is 0 Å². The predicted molar refractivity (Wildman–Crippen MR) is 113 cm³/mol. The van der Waals surface area contributed by atoms with E-state index in [-0.39, 0.29) is 12.4 Å². The molecule has 0 saturated carbocycles. The number of carboxylic acid groups (broad SMARTS) is 1. The van der Waals surface area contributed by atoms with Gasteiger partial charge in [-0.05, 0) is 52.8 Å². The van der Waals surface area contributed by atoms with Crippen molar-refractivity contribution in [3.05, 3.63) is 63.2 Å². The molecule has 0 bridgehead atoms. The highest BCUT2D eigenvalue weighted by Crippen LogP contribution is 2.27. The van der Waals surface area contributed by atoms with Gasteiger partial charge in [0.2, 0.25) is 5.91 Å². The van der Waals surface area contributed by atoms with Crippen LogP contribution in [0, 0.1) is 3.57 Å². The predicted octanol–water partition coefficient (Wildman–Crippen LogP) is 2.90. The minimum atomic E-state index is -1.20. The molecule has 154 valence electrons. The summed E-state index contributed by atoms with van der Waals surface area (Å²) in [5, 5.41) is 21.2. The number of hydrogen-bond acceptors (Lipinski definition) is 5. The molecule has 9 heteroatoms. The van der Waals surface area contributed by atoms with Crippen LogP contribution in [0.5, 0.6) is 5.75 Å². The third-order valence-electron chi connectivity index (χ3n) is 4.15. The molecular weight excluding hydrogens is 491 g/mol. The van der Waals surface area contributed by atoms with Crippen molar-refractivity contribution in [3.8, 4) is 5.75 Å². The first-order valence-electron chi connectivity index (χ1n) is 8.65. The van der Waals surface area contributed by atoms with Gasteiger partial charge in [-0.15, -0.1) is 0 Å². The highest BCUT2D eigenvalue weighted by Gasteiger charge is 2.31. The maximum Gasteiger partial charge on any atom is 0.410 e. The molecule has 2 aromatic carbocycles. The van der Waals surface area contributed by atoms with E-state index in [0.717, 1.165) is 10.5 Å². The second-order valence-electron chi connectivity index (χ2n) is 6.33. The van der Waals surface area contributed by atoms with Crippen molar-refractivity contribution in [1.82, 2.24) is 10.2 Å². The maximum atomic E-state index is 12.8. The number of aromatic hydroxyl groups is 1. The minimum absolute atomic E-state index is 0.0248. The fourth-order valence-electron chi connectivity index (χ4n) is 2.52. The second kappa shape index (κ2) is 10.1. The smallest absolute Gasteiger partial charge is 0.410 e. The number of nitrogens with one attached hydrogen (secondary N) is 1. The Hall–Kier alpha value is -2.82. The van der Waals surface area contributed by atoms with Gasteiger partial charge in [0, 0.05) is 7.05 Å². The fourth-order valence-corrected chi connectivity index (χ4v) is 3.06. The summed E-state index contributed by atoms with van der Waals surface area (Å²) in [6, 6.07) is 11.2. The van der Waals surface area contributed by atoms with E-state index in [1.54, 1.807) is 18.2 Å². The molecule has 29 heavy (non-hydrogen) atoms. The number of benzene rings is 2. The lowest BCUT2D eigenvalue weighted by Crippen LogP contribution is -2.46. The molecule has 0 unspecified atom stereocenters. The average Bonchev–Trinajstić information content (AvgIpc) is 2.69. The number of phenols is 1. The number of hydrogen-bond donors (Lipinski definition) is 3. The van der Waals surface area contributed by atoms with Gasteiger partial charge in [-0.3, -0.25) is 14.5 Å². The molecule has 8 nitrogen and oxygen atoms in total. The van der Waals surface area contributed by atoms with Crippen LogP contribution >= 0.6 is 22.6 Å². The summed E-state index contributed by atoms with van der Waals surface area (Å²) in [5.41, 5.74) is 1.19. The van der Waals surface area contributed by atoms with Crippen LogP contribution in [0.1, 0.15) is 24.1 Å². The molecule has 0 saturated heterocycles. The largest absolute Gasteiger partial charge is 0.507 e. The van der Waals surface area contributed by atoms with E-state index in [2.05, 4.69) is 5.32 Å². The van der Waals surface area contributed by atoms with Crippen molar-refractivity contribution in [2.45, 2.75) is 25.6 Å². The van der Waals surface area contributed by atoms with Crippen molar-refractivity contribution in [3.63, 3.8) is 0 Å². The van der Waals surface area contributed by atoms with Crippen LogP contribution < -0.4 is 5.32 Å². The molecule has 0 radical (unpaired) electrons. The summed E-state index contributed by atoms with van der Waals surface area (Å²) in [7, 11) is 1.39. The molecule has 2 atom stereocenters. The Morgan fingerprint density at radius 3 is 2.41 bits per heavy atom. The van der Waals surface area contributed by atoms with Gasteiger partial charge in [-0.25, -0.2) is 4.79 Å². The Labute approximate surface area is 181 Å². The zero-order valence-electron chi connectivity index (χ0n) is 15.8. The first-order chi connectivity index (χ1) is 13.7. The van der Waals surface area contributed by atoms with Crippen LogP contribution in [0.2, 0.25) is 0 Å². The van der Waals surface area contributed by atoms with Crippen molar-refractivity contribution in [2.75, 3.05) is 7.05 Å². The topological polar surface area (TPSA) is 116 Å². The van der Waals surface area contributed by atoms with E-state index in [9.17, 15) is 19.5 Å². The van der Waals surface area contributed by atoms with Crippen LogP contribution in [-0.4, -0.2) is 46.2 Å². The van der Waals surface area contributed by atoms with Gasteiger partial charge >= 0.3 is 12.1 Å². The van der Waals surface area contributed by atoms with Crippen LogP contribution in [0.15, 0.2) is 48.5 Å². The molecule has 3 N–H and O–H groups in total. The first-order valence-corrected chi connectivity index (χ1v) is 9.73. The number of ether oxygens (including phenoxy) is 1. The zero-order chi connectivity index (χ0) is 21.6. The molecule has 2 aromatic rings. The van der Waals surface area contributed by atoms with Crippen molar-refractivity contribution >= 4 is 40.6 Å². The number of halogens is 1. The third kappa shape index (κ3) is 6.08. The molecule has 2 amide bonds. The molecular formula is C20H21IN2O6. The molecule has 0 heterocycles. The number of phenolic OH excluding ortho intramolecular Hbond substituents is 1. The Morgan fingerprint density at radius 1 is 1.17 bits per heavy atom. The maximum absolute atomic E-state index is 12.8. The lowest BCUT2D eigenvalue weighted by molar-refractivity contribution is -0.142. The SMILES string of the molecule is C[C@H](NC(=O)[C@H](c1ccc(O)c(I)c1)N(C)C(=O)OCc1ccccc1)C(=O)O. The van der Waals surface area contributed by atoms with Gasteiger partial charge < -0.3 is 20.3 Å². The average molecular weight is 512 g/mol. The van der Waals surface area contributed by atoms with E-state index in [1.165, 1.54) is 26.1 Å². The molecule has 0 fully saturated rings. The molecule has 2 rings (SSSR count). The first kappa shape index (κ1) is 22.5. The number of nitrogens with zero attached hydrogens (tertiary/aromatic N) is 1. The van der Waals surface area contributed by atoms with Gasteiger partial charge in [0.05, 0.1) is 3.57 Å². The quantitative estimate of drug-likeness (QED) is 0.492. The van der Waals surface area contributed by atoms with Crippen LogP contribution in [-0.2, 0) is 20.9 Å². The number of carbonyl (C=O) groups is 3. The molecule has 0 aliphatic carbocycles. The van der Waals surface area contributed by atoms with Gasteiger partial charge in [-0.1, -0.05) is 36.4 Å². The number of aliphatic carboxylic acids is 1. The Kier molecular flexibility index (Phi) is 7.82. The van der Waals surface area contributed by atoms with E-state index in [0.29, 0.717) is 9.13 Å². The summed E-state index contributed by atoms with van der Waals surface area (Å²) in [6.07, 6.45) is -0.750. The molecule has 0 aliphatic rings. The summed E-state index contributed by atoms with van der Waals surface area (Å²) in [5.74, 6) is -1.85. The lowest BCUT2D eigenvalue weighted by atomic mass is 10.0. The molecule has 0 spiro atoms. The van der Waals surface area contributed by atoms with E-state index < -0.39 is 30.1 Å². The Bertz CT molecular complexity index is 890. The minimum Gasteiger partial charge on any atom is -0.507 e. The number of rotatable bonds is 7. The van der Waals surface area contributed by atoms with E-state index in [4.69, 9.17) is 9.84 Å². The van der Waals surface area contributed by atoms with Gasteiger partial charge in [0.25, 0.3) is 0 Å². The fraction of sp³-hybridized carbons (Fsp3) is 0.250. The third-order valence-corrected chi connectivity index (χ3v) is 5.01. The summed E-state index contributed by atoms with van der Waals surface area (Å²) >= 11 is 1.90. The number of likely N-dealkylation sites (N-methyl/N-ethyl adjacent to an activating group) is 1. The Morgan fingerprint density at radius 2 is 1.83 bits per heavy atom. The van der Waals surface area contributed by atoms with Gasteiger partial charge in [0.1, 0.15) is 24.4 Å².